The van der Waals surface area contributed by atoms with Gasteiger partial charge in [-0.15, -0.1) is 0 Å². The summed E-state index contributed by atoms with van der Waals surface area (Å²) in [6.45, 7) is 0.0132. The van der Waals surface area contributed by atoms with E-state index in [-0.39, 0.29) is 6.61 Å². The number of halogens is 3. The van der Waals surface area contributed by atoms with Crippen molar-refractivity contribution in [2.75, 3.05) is 5.75 Å². The fraction of sp³-hybridized carbons (Fsp3) is 0.455. The van der Waals surface area contributed by atoms with Crippen LogP contribution in [0.2, 0.25) is 0 Å². The summed E-state index contributed by atoms with van der Waals surface area (Å²) in [4.78, 5) is 6.55. The van der Waals surface area contributed by atoms with Gasteiger partial charge >= 0.3 is 6.18 Å². The highest BCUT2D eigenvalue weighted by atomic mass is 32.2. The van der Waals surface area contributed by atoms with Crippen LogP contribution in [0.15, 0.2) is 30.3 Å². The van der Waals surface area contributed by atoms with E-state index in [2.05, 4.69) is 0 Å². The molecule has 1 aromatic rings. The van der Waals surface area contributed by atoms with Crippen LogP contribution in [-0.4, -0.2) is 20.3 Å². The molecular formula is C11H14F3NO3S. The normalized spacial score (nSPS) is 12.6. The standard InChI is InChI=1S/C11H14F3NO3S/c12-11(13,14)7-4-8-19(16,17)15-18-9-10-5-2-1-3-6-10/h1-3,5-6,15H,4,7-9H2. The average Bonchev–Trinajstić information content (AvgIpc) is 2.28. The summed E-state index contributed by atoms with van der Waals surface area (Å²) in [6, 6.07) is 8.79. The molecular weight excluding hydrogens is 283 g/mol. The maximum absolute atomic E-state index is 11.9. The summed E-state index contributed by atoms with van der Waals surface area (Å²) in [6.07, 6.45) is -5.97. The van der Waals surface area contributed by atoms with Gasteiger partial charge in [-0.1, -0.05) is 35.2 Å². The first kappa shape index (κ1) is 15.9. The first-order chi connectivity index (χ1) is 8.79. The lowest BCUT2D eigenvalue weighted by Crippen LogP contribution is -2.27. The van der Waals surface area contributed by atoms with Gasteiger partial charge < -0.3 is 0 Å². The van der Waals surface area contributed by atoms with Gasteiger partial charge in [0.25, 0.3) is 0 Å². The molecule has 0 aromatic heterocycles. The van der Waals surface area contributed by atoms with Crippen LogP contribution in [0.5, 0.6) is 0 Å². The van der Waals surface area contributed by atoms with E-state index >= 15 is 0 Å². The van der Waals surface area contributed by atoms with E-state index < -0.39 is 34.8 Å². The second-order valence-corrected chi connectivity index (χ2v) is 5.70. The molecule has 0 bridgehead atoms. The van der Waals surface area contributed by atoms with E-state index in [4.69, 9.17) is 4.84 Å². The molecule has 0 atom stereocenters. The van der Waals surface area contributed by atoms with Gasteiger partial charge in [0.1, 0.15) is 0 Å². The van der Waals surface area contributed by atoms with Crippen molar-refractivity contribution in [3.05, 3.63) is 35.9 Å². The minimum absolute atomic E-state index is 0.0132. The van der Waals surface area contributed by atoms with E-state index in [1.165, 1.54) is 0 Å². The molecule has 0 unspecified atom stereocenters. The van der Waals surface area contributed by atoms with Crippen LogP contribution in [0, 0.1) is 0 Å². The molecule has 1 aromatic carbocycles. The predicted octanol–water partition coefficient (Wildman–Crippen LogP) is 2.38. The zero-order valence-corrected chi connectivity index (χ0v) is 10.8. The van der Waals surface area contributed by atoms with Crippen molar-refractivity contribution in [3.63, 3.8) is 0 Å². The van der Waals surface area contributed by atoms with E-state index in [9.17, 15) is 21.6 Å². The Bertz CT molecular complexity index is 474. The van der Waals surface area contributed by atoms with Crippen molar-refractivity contribution in [1.82, 2.24) is 4.89 Å². The summed E-state index contributed by atoms with van der Waals surface area (Å²) in [5, 5.41) is 0. The molecule has 0 radical (unpaired) electrons. The molecule has 8 heteroatoms. The Hall–Kier alpha value is -1.12. The van der Waals surface area contributed by atoms with E-state index in [1.807, 2.05) is 0 Å². The number of hydrogen-bond donors (Lipinski definition) is 1. The lowest BCUT2D eigenvalue weighted by molar-refractivity contribution is -0.134. The zero-order chi connectivity index (χ0) is 14.4. The second-order valence-electron chi connectivity index (χ2n) is 3.90. The summed E-state index contributed by atoms with van der Waals surface area (Å²) in [5.74, 6) is -0.624. The average molecular weight is 297 g/mol. The Morgan fingerprint density at radius 2 is 1.79 bits per heavy atom. The lowest BCUT2D eigenvalue weighted by atomic mass is 10.2. The van der Waals surface area contributed by atoms with Gasteiger partial charge in [0.2, 0.25) is 10.0 Å². The summed E-state index contributed by atoms with van der Waals surface area (Å²) < 4.78 is 58.2. The van der Waals surface area contributed by atoms with Crippen LogP contribution in [0.3, 0.4) is 0 Å². The number of benzene rings is 1. The van der Waals surface area contributed by atoms with Gasteiger partial charge in [-0.05, 0) is 12.0 Å². The maximum atomic E-state index is 11.9. The van der Waals surface area contributed by atoms with Crippen LogP contribution in [0.4, 0.5) is 13.2 Å². The molecule has 4 nitrogen and oxygen atoms in total. The molecule has 0 heterocycles. The Kier molecular flexibility index (Phi) is 5.77. The summed E-state index contributed by atoms with van der Waals surface area (Å²) in [5.41, 5.74) is 0.750. The van der Waals surface area contributed by atoms with Crippen LogP contribution in [0.25, 0.3) is 0 Å². The minimum atomic E-state index is -4.35. The summed E-state index contributed by atoms with van der Waals surface area (Å²) in [7, 11) is -3.85. The highest BCUT2D eigenvalue weighted by Crippen LogP contribution is 2.21. The fourth-order valence-corrected chi connectivity index (χ4v) is 2.13. The molecule has 0 fully saturated rings. The molecule has 0 saturated carbocycles. The third-order valence-electron chi connectivity index (χ3n) is 2.14. The topological polar surface area (TPSA) is 55.4 Å². The first-order valence-electron chi connectivity index (χ1n) is 5.50. The van der Waals surface area contributed by atoms with Gasteiger partial charge in [0.05, 0.1) is 12.4 Å². The van der Waals surface area contributed by atoms with Crippen molar-refractivity contribution in [2.45, 2.75) is 25.6 Å². The fourth-order valence-electron chi connectivity index (χ4n) is 1.28. The third-order valence-corrected chi connectivity index (χ3v) is 3.34. The van der Waals surface area contributed by atoms with Crippen molar-refractivity contribution in [1.29, 1.82) is 0 Å². The molecule has 19 heavy (non-hydrogen) atoms. The van der Waals surface area contributed by atoms with Crippen molar-refractivity contribution >= 4 is 10.0 Å². The largest absolute Gasteiger partial charge is 0.389 e. The Labute approximate surface area is 109 Å². The number of sulfonamides is 1. The van der Waals surface area contributed by atoms with Gasteiger partial charge in [-0.2, -0.15) is 13.2 Å². The third kappa shape index (κ3) is 7.81. The summed E-state index contributed by atoms with van der Waals surface area (Å²) >= 11 is 0. The van der Waals surface area contributed by atoms with Crippen LogP contribution < -0.4 is 4.89 Å². The minimum Gasteiger partial charge on any atom is -0.282 e. The van der Waals surface area contributed by atoms with Gasteiger partial charge in [-0.3, -0.25) is 4.84 Å². The molecule has 1 rings (SSSR count). The predicted molar refractivity (Wildman–Crippen MR) is 63.4 cm³/mol. The molecule has 0 aliphatic carbocycles. The second kappa shape index (κ2) is 6.88. The Morgan fingerprint density at radius 3 is 2.37 bits per heavy atom. The Balaban J connectivity index is 2.27. The number of rotatable bonds is 7. The molecule has 108 valence electrons. The zero-order valence-electron chi connectivity index (χ0n) is 9.98. The Morgan fingerprint density at radius 1 is 1.16 bits per heavy atom. The molecule has 0 aliphatic heterocycles. The highest BCUT2D eigenvalue weighted by molar-refractivity contribution is 7.89. The van der Waals surface area contributed by atoms with Crippen molar-refractivity contribution in [3.8, 4) is 0 Å². The molecule has 0 spiro atoms. The van der Waals surface area contributed by atoms with Crippen molar-refractivity contribution < 1.29 is 26.4 Å². The number of hydrogen-bond acceptors (Lipinski definition) is 3. The van der Waals surface area contributed by atoms with E-state index in [0.717, 1.165) is 5.56 Å². The quantitative estimate of drug-likeness (QED) is 0.786. The van der Waals surface area contributed by atoms with Crippen LogP contribution in [0.1, 0.15) is 18.4 Å². The molecule has 0 aliphatic rings. The smallest absolute Gasteiger partial charge is 0.282 e. The lowest BCUT2D eigenvalue weighted by Gasteiger charge is -2.08. The van der Waals surface area contributed by atoms with E-state index in [0.29, 0.717) is 0 Å². The van der Waals surface area contributed by atoms with Gasteiger partial charge in [0.15, 0.2) is 0 Å². The van der Waals surface area contributed by atoms with Crippen LogP contribution in [-0.2, 0) is 21.5 Å². The maximum Gasteiger partial charge on any atom is 0.389 e. The van der Waals surface area contributed by atoms with Gasteiger partial charge in [0, 0.05) is 6.42 Å². The van der Waals surface area contributed by atoms with Crippen molar-refractivity contribution in [2.24, 2.45) is 0 Å². The molecule has 1 N–H and O–H groups in total. The number of nitrogens with one attached hydrogen (secondary N) is 1. The van der Waals surface area contributed by atoms with Gasteiger partial charge in [-0.25, -0.2) is 8.42 Å². The SMILES string of the molecule is O=S(=O)(CCCC(F)(F)F)NOCc1ccccc1. The first-order valence-corrected chi connectivity index (χ1v) is 7.16. The van der Waals surface area contributed by atoms with E-state index in [1.54, 1.807) is 35.2 Å². The van der Waals surface area contributed by atoms with Crippen LogP contribution >= 0.6 is 0 Å². The number of alkyl halides is 3. The molecule has 0 amide bonds. The molecule has 0 saturated heterocycles. The monoisotopic (exact) mass is 297 g/mol. The highest BCUT2D eigenvalue weighted by Gasteiger charge is 2.27.